The monoisotopic (exact) mass is 206 g/mol. The highest BCUT2D eigenvalue weighted by Gasteiger charge is 2.13. The number of allylic oxidation sites excluding steroid dienone is 1. The molecule has 0 saturated carbocycles. The van der Waals surface area contributed by atoms with Gasteiger partial charge in [-0.2, -0.15) is 5.10 Å². The maximum atomic E-state index is 3.96. The van der Waals surface area contributed by atoms with Gasteiger partial charge in [0.05, 0.1) is 0 Å². The molecule has 0 aromatic carbocycles. The SMILES string of the molecule is CN1CCN(CC2=CC=NNC=C2)CC1. The molecule has 0 spiro atoms. The van der Waals surface area contributed by atoms with Gasteiger partial charge in [-0.3, -0.25) is 10.3 Å². The highest BCUT2D eigenvalue weighted by atomic mass is 15.3. The smallest absolute Gasteiger partial charge is 0.0475 e. The Morgan fingerprint density at radius 2 is 2.13 bits per heavy atom. The summed E-state index contributed by atoms with van der Waals surface area (Å²) in [4.78, 5) is 4.85. The summed E-state index contributed by atoms with van der Waals surface area (Å²) in [7, 11) is 2.18. The number of likely N-dealkylation sites (N-methyl/N-ethyl adjacent to an activating group) is 1. The van der Waals surface area contributed by atoms with Crippen LogP contribution in [0, 0.1) is 0 Å². The molecule has 1 fully saturated rings. The van der Waals surface area contributed by atoms with Crippen LogP contribution in [0.4, 0.5) is 0 Å². The summed E-state index contributed by atoms with van der Waals surface area (Å²) < 4.78 is 0. The Hall–Kier alpha value is -1.13. The van der Waals surface area contributed by atoms with Crippen LogP contribution in [0.3, 0.4) is 0 Å². The van der Waals surface area contributed by atoms with Crippen molar-refractivity contribution in [3.63, 3.8) is 0 Å². The molecule has 2 aliphatic heterocycles. The van der Waals surface area contributed by atoms with E-state index in [1.165, 1.54) is 18.7 Å². The van der Waals surface area contributed by atoms with Crippen molar-refractivity contribution in [2.45, 2.75) is 0 Å². The lowest BCUT2D eigenvalue weighted by Gasteiger charge is -2.32. The molecule has 1 N–H and O–H groups in total. The van der Waals surface area contributed by atoms with Crippen molar-refractivity contribution in [2.24, 2.45) is 5.10 Å². The molecule has 0 aromatic heterocycles. The summed E-state index contributed by atoms with van der Waals surface area (Å²) in [5.41, 5.74) is 4.14. The van der Waals surface area contributed by atoms with Crippen LogP contribution in [0.5, 0.6) is 0 Å². The molecule has 1 saturated heterocycles. The lowest BCUT2D eigenvalue weighted by atomic mass is 10.2. The van der Waals surface area contributed by atoms with E-state index < -0.39 is 0 Å². The van der Waals surface area contributed by atoms with E-state index in [0.29, 0.717) is 0 Å². The third-order valence-corrected chi connectivity index (χ3v) is 2.81. The van der Waals surface area contributed by atoms with E-state index in [-0.39, 0.29) is 0 Å². The Morgan fingerprint density at radius 1 is 1.33 bits per heavy atom. The van der Waals surface area contributed by atoms with Crippen LogP contribution in [0.2, 0.25) is 0 Å². The van der Waals surface area contributed by atoms with Gasteiger partial charge in [-0.25, -0.2) is 0 Å². The largest absolute Gasteiger partial charge is 0.304 e. The van der Waals surface area contributed by atoms with E-state index >= 15 is 0 Å². The summed E-state index contributed by atoms with van der Waals surface area (Å²) in [6.45, 7) is 5.68. The van der Waals surface area contributed by atoms with Gasteiger partial charge in [-0.1, -0.05) is 0 Å². The minimum atomic E-state index is 1.03. The molecule has 2 rings (SSSR count). The van der Waals surface area contributed by atoms with E-state index in [9.17, 15) is 0 Å². The summed E-state index contributed by atoms with van der Waals surface area (Å²) in [6, 6.07) is 0. The van der Waals surface area contributed by atoms with Crippen LogP contribution in [0.25, 0.3) is 0 Å². The standard InChI is InChI=1S/C11H18N4/c1-14-6-8-15(9-7-14)10-11-2-4-12-13-5-3-11/h2-5,12H,6-10H2,1H3. The van der Waals surface area contributed by atoms with Crippen molar-refractivity contribution in [1.29, 1.82) is 0 Å². The van der Waals surface area contributed by atoms with Gasteiger partial charge in [0.2, 0.25) is 0 Å². The summed E-state index contributed by atoms with van der Waals surface area (Å²) in [6.07, 6.45) is 7.84. The van der Waals surface area contributed by atoms with E-state index in [1.54, 1.807) is 0 Å². The van der Waals surface area contributed by atoms with Gasteiger partial charge >= 0.3 is 0 Å². The van der Waals surface area contributed by atoms with Gasteiger partial charge < -0.3 is 4.90 Å². The van der Waals surface area contributed by atoms with Gasteiger partial charge in [-0.05, 0) is 24.8 Å². The fraction of sp³-hybridized carbons (Fsp3) is 0.545. The molecular weight excluding hydrogens is 188 g/mol. The average molecular weight is 206 g/mol. The second-order valence-corrected chi connectivity index (χ2v) is 4.06. The topological polar surface area (TPSA) is 30.9 Å². The molecule has 0 atom stereocenters. The number of hydrazone groups is 1. The van der Waals surface area contributed by atoms with E-state index in [0.717, 1.165) is 19.6 Å². The predicted molar refractivity (Wildman–Crippen MR) is 62.8 cm³/mol. The maximum Gasteiger partial charge on any atom is 0.0475 e. The first kappa shape index (κ1) is 10.4. The zero-order valence-corrected chi connectivity index (χ0v) is 9.19. The Balaban J connectivity index is 1.86. The first-order chi connectivity index (χ1) is 7.34. The van der Waals surface area contributed by atoms with Crippen molar-refractivity contribution in [2.75, 3.05) is 39.8 Å². The van der Waals surface area contributed by atoms with Crippen molar-refractivity contribution >= 4 is 6.21 Å². The Bertz CT molecular complexity index is 285. The zero-order chi connectivity index (χ0) is 10.5. The van der Waals surface area contributed by atoms with E-state index in [4.69, 9.17) is 0 Å². The third kappa shape index (κ3) is 3.18. The van der Waals surface area contributed by atoms with Crippen molar-refractivity contribution < 1.29 is 0 Å². The van der Waals surface area contributed by atoms with Crippen LogP contribution in [-0.4, -0.2) is 55.8 Å². The molecule has 2 aliphatic rings. The minimum absolute atomic E-state index is 1.03. The van der Waals surface area contributed by atoms with Crippen LogP contribution in [0.15, 0.2) is 29.0 Å². The number of nitrogens with zero attached hydrogens (tertiary/aromatic N) is 3. The molecule has 4 heteroatoms. The molecular formula is C11H18N4. The fourth-order valence-electron chi connectivity index (χ4n) is 1.79. The lowest BCUT2D eigenvalue weighted by molar-refractivity contribution is 0.165. The molecule has 0 unspecified atom stereocenters. The lowest BCUT2D eigenvalue weighted by Crippen LogP contribution is -2.44. The van der Waals surface area contributed by atoms with Gasteiger partial charge in [0.15, 0.2) is 0 Å². The number of hydrogen-bond acceptors (Lipinski definition) is 4. The van der Waals surface area contributed by atoms with Crippen LogP contribution < -0.4 is 5.43 Å². The van der Waals surface area contributed by atoms with Gasteiger partial charge in [0.1, 0.15) is 0 Å². The quantitative estimate of drug-likeness (QED) is 0.703. The number of hydrogen-bond donors (Lipinski definition) is 1. The van der Waals surface area contributed by atoms with Gasteiger partial charge in [0.25, 0.3) is 0 Å². The van der Waals surface area contributed by atoms with E-state index in [2.05, 4.69) is 39.5 Å². The van der Waals surface area contributed by atoms with E-state index in [1.807, 2.05) is 12.4 Å². The first-order valence-corrected chi connectivity index (χ1v) is 5.40. The normalized spacial score (nSPS) is 23.4. The molecule has 0 radical (unpaired) electrons. The highest BCUT2D eigenvalue weighted by molar-refractivity contribution is 5.73. The summed E-state index contributed by atoms with van der Waals surface area (Å²) in [5, 5.41) is 3.96. The Labute approximate surface area is 90.9 Å². The second-order valence-electron chi connectivity index (χ2n) is 4.06. The summed E-state index contributed by atoms with van der Waals surface area (Å²) >= 11 is 0. The highest BCUT2D eigenvalue weighted by Crippen LogP contribution is 2.05. The number of rotatable bonds is 2. The van der Waals surface area contributed by atoms with Gasteiger partial charge in [0, 0.05) is 45.1 Å². The Morgan fingerprint density at radius 3 is 2.93 bits per heavy atom. The maximum absolute atomic E-state index is 3.96. The van der Waals surface area contributed by atoms with Crippen molar-refractivity contribution in [3.05, 3.63) is 23.9 Å². The number of piperazine rings is 1. The molecule has 0 amide bonds. The summed E-state index contributed by atoms with van der Waals surface area (Å²) in [5.74, 6) is 0. The fourth-order valence-corrected chi connectivity index (χ4v) is 1.79. The molecule has 0 bridgehead atoms. The molecule has 82 valence electrons. The van der Waals surface area contributed by atoms with Crippen molar-refractivity contribution in [1.82, 2.24) is 15.2 Å². The van der Waals surface area contributed by atoms with Gasteiger partial charge in [-0.15, -0.1) is 0 Å². The zero-order valence-electron chi connectivity index (χ0n) is 9.19. The number of nitrogens with one attached hydrogen (secondary N) is 1. The van der Waals surface area contributed by atoms with Crippen molar-refractivity contribution in [3.8, 4) is 0 Å². The minimum Gasteiger partial charge on any atom is -0.304 e. The van der Waals surface area contributed by atoms with Crippen LogP contribution in [-0.2, 0) is 0 Å². The average Bonchev–Trinajstić information content (AvgIpc) is 2.50. The Kier molecular flexibility index (Phi) is 3.53. The molecule has 4 nitrogen and oxygen atoms in total. The second kappa shape index (κ2) is 5.09. The molecule has 0 aromatic rings. The molecule has 15 heavy (non-hydrogen) atoms. The van der Waals surface area contributed by atoms with Crippen LogP contribution >= 0.6 is 0 Å². The van der Waals surface area contributed by atoms with Crippen LogP contribution in [0.1, 0.15) is 0 Å². The molecule has 0 aliphatic carbocycles. The first-order valence-electron chi connectivity index (χ1n) is 5.40. The molecule has 2 heterocycles. The predicted octanol–water partition coefficient (Wildman–Crippen LogP) is 0.263. The third-order valence-electron chi connectivity index (χ3n) is 2.81.